The second-order valence-electron chi connectivity index (χ2n) is 4.45. The van der Waals surface area contributed by atoms with Crippen molar-refractivity contribution in [1.29, 1.82) is 0 Å². The normalized spacial score (nSPS) is 43.8. The summed E-state index contributed by atoms with van der Waals surface area (Å²) in [6.45, 7) is 3.22. The molecule has 0 saturated carbocycles. The average molecular weight is 185 g/mol. The van der Waals surface area contributed by atoms with Crippen molar-refractivity contribution in [1.82, 2.24) is 4.90 Å². The molecule has 3 heteroatoms. The molecule has 2 bridgehead atoms. The molecule has 0 spiro atoms. The third kappa shape index (κ3) is 1.49. The van der Waals surface area contributed by atoms with Gasteiger partial charge < -0.3 is 9.84 Å². The molecule has 3 rings (SSSR count). The summed E-state index contributed by atoms with van der Waals surface area (Å²) in [5.74, 6) is 0.826. The Bertz CT molecular complexity index is 178. The summed E-state index contributed by atoms with van der Waals surface area (Å²) in [7, 11) is 1.72. The van der Waals surface area contributed by atoms with Crippen LogP contribution in [0.5, 0.6) is 0 Å². The van der Waals surface area contributed by atoms with Crippen LogP contribution in [-0.2, 0) is 4.74 Å². The van der Waals surface area contributed by atoms with Crippen molar-refractivity contribution in [3.8, 4) is 0 Å². The van der Waals surface area contributed by atoms with E-state index in [9.17, 15) is 5.11 Å². The average Bonchev–Trinajstić information content (AvgIpc) is 2.20. The van der Waals surface area contributed by atoms with E-state index in [2.05, 4.69) is 4.90 Å². The zero-order valence-electron chi connectivity index (χ0n) is 8.33. The molecule has 3 aliphatic heterocycles. The lowest BCUT2D eigenvalue weighted by molar-refractivity contribution is -0.0947. The molecule has 3 heterocycles. The van der Waals surface area contributed by atoms with Crippen molar-refractivity contribution < 1.29 is 9.84 Å². The summed E-state index contributed by atoms with van der Waals surface area (Å²) >= 11 is 0. The standard InChI is InChI=1S/C10H19NO2/c1-13-8-10(7-12)6-9-2-4-11(10)5-3-9/h9,12H,2-8H2,1H3/t10-/m0/s1. The van der Waals surface area contributed by atoms with Gasteiger partial charge in [-0.1, -0.05) is 0 Å². The molecular weight excluding hydrogens is 166 g/mol. The van der Waals surface area contributed by atoms with Gasteiger partial charge >= 0.3 is 0 Å². The van der Waals surface area contributed by atoms with E-state index >= 15 is 0 Å². The number of ether oxygens (including phenoxy) is 1. The van der Waals surface area contributed by atoms with Gasteiger partial charge in [-0.25, -0.2) is 0 Å². The monoisotopic (exact) mass is 185 g/mol. The number of aliphatic hydroxyl groups is 1. The zero-order valence-corrected chi connectivity index (χ0v) is 8.33. The molecule has 0 radical (unpaired) electrons. The predicted molar refractivity (Wildman–Crippen MR) is 50.6 cm³/mol. The molecule has 3 aliphatic rings. The largest absolute Gasteiger partial charge is 0.394 e. The van der Waals surface area contributed by atoms with Crippen LogP contribution >= 0.6 is 0 Å². The number of hydrogen-bond acceptors (Lipinski definition) is 3. The SMILES string of the molecule is COC[C@@]1(CO)CC2CCN1CC2. The number of nitrogens with zero attached hydrogens (tertiary/aromatic N) is 1. The van der Waals surface area contributed by atoms with Crippen LogP contribution in [0.4, 0.5) is 0 Å². The third-order valence-electron chi connectivity index (χ3n) is 3.66. The van der Waals surface area contributed by atoms with Gasteiger partial charge in [0.05, 0.1) is 18.8 Å². The number of methoxy groups -OCH3 is 1. The molecule has 3 fully saturated rings. The number of hydrogen-bond donors (Lipinski definition) is 1. The molecular formula is C10H19NO2. The lowest BCUT2D eigenvalue weighted by Gasteiger charge is -2.53. The number of aliphatic hydroxyl groups excluding tert-OH is 1. The maximum absolute atomic E-state index is 9.47. The van der Waals surface area contributed by atoms with E-state index in [0.717, 1.165) is 25.4 Å². The molecule has 0 aromatic carbocycles. The second-order valence-corrected chi connectivity index (χ2v) is 4.45. The maximum atomic E-state index is 9.47. The van der Waals surface area contributed by atoms with Crippen LogP contribution in [0.15, 0.2) is 0 Å². The predicted octanol–water partition coefficient (Wildman–Crippen LogP) is 0.480. The lowest BCUT2D eigenvalue weighted by atomic mass is 9.75. The highest BCUT2D eigenvalue weighted by atomic mass is 16.5. The molecule has 0 unspecified atom stereocenters. The van der Waals surface area contributed by atoms with Crippen molar-refractivity contribution in [2.75, 3.05) is 33.4 Å². The summed E-state index contributed by atoms with van der Waals surface area (Å²) < 4.78 is 5.23. The van der Waals surface area contributed by atoms with Gasteiger partial charge in [0.15, 0.2) is 0 Å². The van der Waals surface area contributed by atoms with Crippen LogP contribution in [0.1, 0.15) is 19.3 Å². The fourth-order valence-corrected chi connectivity index (χ4v) is 2.91. The fraction of sp³-hybridized carbons (Fsp3) is 1.00. The van der Waals surface area contributed by atoms with E-state index < -0.39 is 0 Å². The summed E-state index contributed by atoms with van der Waals surface area (Å²) in [5.41, 5.74) is -0.0457. The summed E-state index contributed by atoms with van der Waals surface area (Å²) in [5, 5.41) is 9.47. The van der Waals surface area contributed by atoms with Crippen molar-refractivity contribution in [2.24, 2.45) is 5.92 Å². The first kappa shape index (κ1) is 9.44. The number of fused-ring (bicyclic) bond motifs is 3. The molecule has 76 valence electrons. The maximum Gasteiger partial charge on any atom is 0.0678 e. The van der Waals surface area contributed by atoms with Crippen LogP contribution in [0.3, 0.4) is 0 Å². The van der Waals surface area contributed by atoms with Crippen molar-refractivity contribution in [3.63, 3.8) is 0 Å². The van der Waals surface area contributed by atoms with Crippen LogP contribution in [-0.4, -0.2) is 49.0 Å². The Hall–Kier alpha value is -0.120. The number of piperidine rings is 3. The quantitative estimate of drug-likeness (QED) is 0.694. The van der Waals surface area contributed by atoms with E-state index in [1.807, 2.05) is 0 Å². The van der Waals surface area contributed by atoms with Gasteiger partial charge in [-0.05, 0) is 38.3 Å². The van der Waals surface area contributed by atoms with Crippen molar-refractivity contribution >= 4 is 0 Å². The Morgan fingerprint density at radius 2 is 2.15 bits per heavy atom. The van der Waals surface area contributed by atoms with Gasteiger partial charge in [0.1, 0.15) is 0 Å². The van der Waals surface area contributed by atoms with E-state index in [1.165, 1.54) is 12.8 Å². The molecule has 0 amide bonds. The van der Waals surface area contributed by atoms with Crippen LogP contribution in [0.25, 0.3) is 0 Å². The van der Waals surface area contributed by atoms with Crippen LogP contribution in [0.2, 0.25) is 0 Å². The first-order valence-corrected chi connectivity index (χ1v) is 5.15. The highest BCUT2D eigenvalue weighted by molar-refractivity contribution is 4.99. The van der Waals surface area contributed by atoms with E-state index in [1.54, 1.807) is 7.11 Å². The third-order valence-corrected chi connectivity index (χ3v) is 3.66. The Morgan fingerprint density at radius 1 is 1.46 bits per heavy atom. The number of rotatable bonds is 3. The molecule has 0 aliphatic carbocycles. The second kappa shape index (κ2) is 3.56. The van der Waals surface area contributed by atoms with Gasteiger partial charge in [-0.3, -0.25) is 4.90 Å². The Morgan fingerprint density at radius 3 is 2.54 bits per heavy atom. The minimum atomic E-state index is -0.0457. The van der Waals surface area contributed by atoms with Gasteiger partial charge in [0.2, 0.25) is 0 Å². The van der Waals surface area contributed by atoms with Gasteiger partial charge in [0.25, 0.3) is 0 Å². The van der Waals surface area contributed by atoms with Crippen LogP contribution in [0, 0.1) is 5.92 Å². The molecule has 13 heavy (non-hydrogen) atoms. The highest BCUT2D eigenvalue weighted by Gasteiger charge is 2.45. The molecule has 0 aromatic rings. The molecule has 0 aromatic heterocycles. The van der Waals surface area contributed by atoms with E-state index in [-0.39, 0.29) is 12.1 Å². The fourth-order valence-electron chi connectivity index (χ4n) is 2.91. The topological polar surface area (TPSA) is 32.7 Å². The van der Waals surface area contributed by atoms with Gasteiger partial charge in [0, 0.05) is 7.11 Å². The Balaban J connectivity index is 2.10. The lowest BCUT2D eigenvalue weighted by Crippen LogP contribution is -2.62. The van der Waals surface area contributed by atoms with Crippen molar-refractivity contribution in [2.45, 2.75) is 24.8 Å². The summed E-state index contributed by atoms with van der Waals surface area (Å²) in [6, 6.07) is 0. The first-order chi connectivity index (χ1) is 6.30. The minimum absolute atomic E-state index is 0.0457. The highest BCUT2D eigenvalue weighted by Crippen LogP contribution is 2.38. The summed E-state index contributed by atoms with van der Waals surface area (Å²) in [4.78, 5) is 2.41. The van der Waals surface area contributed by atoms with Gasteiger partial charge in [-0.15, -0.1) is 0 Å². The van der Waals surface area contributed by atoms with Crippen LogP contribution < -0.4 is 0 Å². The first-order valence-electron chi connectivity index (χ1n) is 5.15. The summed E-state index contributed by atoms with van der Waals surface area (Å²) in [6.07, 6.45) is 3.74. The molecule has 3 nitrogen and oxygen atoms in total. The Kier molecular flexibility index (Phi) is 2.58. The minimum Gasteiger partial charge on any atom is -0.394 e. The zero-order chi connectivity index (χ0) is 9.31. The molecule has 1 atom stereocenters. The van der Waals surface area contributed by atoms with Gasteiger partial charge in [-0.2, -0.15) is 0 Å². The van der Waals surface area contributed by atoms with Crippen molar-refractivity contribution in [3.05, 3.63) is 0 Å². The smallest absolute Gasteiger partial charge is 0.0678 e. The Labute approximate surface area is 79.7 Å². The molecule has 3 saturated heterocycles. The molecule has 1 N–H and O–H groups in total. The van der Waals surface area contributed by atoms with E-state index in [0.29, 0.717) is 6.61 Å². The van der Waals surface area contributed by atoms with E-state index in [4.69, 9.17) is 4.74 Å².